The SMILES string of the molecule is CC(NC1CCC(C)(C)CC1)c1ccc2c(c1)OCO2. The van der Waals surface area contributed by atoms with Crippen molar-refractivity contribution in [3.63, 3.8) is 0 Å². The quantitative estimate of drug-likeness (QED) is 0.903. The van der Waals surface area contributed by atoms with Gasteiger partial charge in [-0.1, -0.05) is 19.9 Å². The maximum atomic E-state index is 5.46. The van der Waals surface area contributed by atoms with E-state index >= 15 is 0 Å². The van der Waals surface area contributed by atoms with Gasteiger partial charge in [-0.3, -0.25) is 0 Å². The van der Waals surface area contributed by atoms with Crippen molar-refractivity contribution < 1.29 is 9.47 Å². The van der Waals surface area contributed by atoms with E-state index in [9.17, 15) is 0 Å². The van der Waals surface area contributed by atoms with Crippen LogP contribution in [-0.4, -0.2) is 12.8 Å². The Morgan fingerprint density at radius 1 is 1.15 bits per heavy atom. The van der Waals surface area contributed by atoms with Crippen molar-refractivity contribution in [3.8, 4) is 11.5 Å². The second kappa shape index (κ2) is 5.28. The monoisotopic (exact) mass is 275 g/mol. The summed E-state index contributed by atoms with van der Waals surface area (Å²) in [6.45, 7) is 7.34. The zero-order valence-corrected chi connectivity index (χ0v) is 12.7. The highest BCUT2D eigenvalue weighted by Gasteiger charge is 2.27. The average Bonchev–Trinajstić information content (AvgIpc) is 2.88. The molecule has 3 rings (SSSR count). The fourth-order valence-corrected chi connectivity index (χ4v) is 3.20. The predicted octanol–water partition coefficient (Wildman–Crippen LogP) is 4.03. The number of fused-ring (bicyclic) bond motifs is 1. The van der Waals surface area contributed by atoms with Crippen LogP contribution >= 0.6 is 0 Å². The van der Waals surface area contributed by atoms with E-state index in [1.165, 1.54) is 31.2 Å². The van der Waals surface area contributed by atoms with Crippen molar-refractivity contribution in [3.05, 3.63) is 23.8 Å². The van der Waals surface area contributed by atoms with Gasteiger partial charge in [0, 0.05) is 12.1 Å². The summed E-state index contributed by atoms with van der Waals surface area (Å²) < 4.78 is 10.8. The van der Waals surface area contributed by atoms with Crippen LogP contribution in [0.5, 0.6) is 11.5 Å². The van der Waals surface area contributed by atoms with Crippen LogP contribution in [0.2, 0.25) is 0 Å². The van der Waals surface area contributed by atoms with Crippen molar-refractivity contribution in [1.82, 2.24) is 5.32 Å². The number of benzene rings is 1. The number of ether oxygens (including phenoxy) is 2. The Balaban J connectivity index is 1.61. The van der Waals surface area contributed by atoms with Gasteiger partial charge in [0.2, 0.25) is 6.79 Å². The molecule has 1 aromatic carbocycles. The third-order valence-electron chi connectivity index (χ3n) is 4.72. The summed E-state index contributed by atoms with van der Waals surface area (Å²) in [7, 11) is 0. The molecule has 0 saturated heterocycles. The second-order valence-electron chi connectivity index (χ2n) is 6.94. The van der Waals surface area contributed by atoms with E-state index in [0.717, 1.165) is 11.5 Å². The largest absolute Gasteiger partial charge is 0.454 e. The van der Waals surface area contributed by atoms with E-state index in [2.05, 4.69) is 38.2 Å². The summed E-state index contributed by atoms with van der Waals surface area (Å²) in [5.41, 5.74) is 1.80. The highest BCUT2D eigenvalue weighted by molar-refractivity contribution is 5.45. The first-order valence-electron chi connectivity index (χ1n) is 7.69. The van der Waals surface area contributed by atoms with Crippen LogP contribution in [0.15, 0.2) is 18.2 Å². The molecule has 1 aromatic rings. The Morgan fingerprint density at radius 2 is 1.85 bits per heavy atom. The number of hydrogen-bond donors (Lipinski definition) is 1. The van der Waals surface area contributed by atoms with Gasteiger partial charge in [-0.15, -0.1) is 0 Å². The third kappa shape index (κ3) is 2.93. The van der Waals surface area contributed by atoms with E-state index in [4.69, 9.17) is 9.47 Å². The van der Waals surface area contributed by atoms with Crippen LogP contribution in [0.1, 0.15) is 58.1 Å². The van der Waals surface area contributed by atoms with Gasteiger partial charge in [0.05, 0.1) is 0 Å². The van der Waals surface area contributed by atoms with Crippen LogP contribution in [-0.2, 0) is 0 Å². The van der Waals surface area contributed by atoms with E-state index in [-0.39, 0.29) is 0 Å². The van der Waals surface area contributed by atoms with Crippen molar-refractivity contribution >= 4 is 0 Å². The molecular formula is C17H25NO2. The molecule has 0 spiro atoms. The molecule has 1 atom stereocenters. The highest BCUT2D eigenvalue weighted by Crippen LogP contribution is 2.37. The lowest BCUT2D eigenvalue weighted by atomic mass is 9.75. The van der Waals surface area contributed by atoms with E-state index in [0.29, 0.717) is 24.3 Å². The lowest BCUT2D eigenvalue weighted by Crippen LogP contribution is -2.37. The van der Waals surface area contributed by atoms with Crippen LogP contribution in [0.3, 0.4) is 0 Å². The summed E-state index contributed by atoms with van der Waals surface area (Å²) in [4.78, 5) is 0. The van der Waals surface area contributed by atoms with Crippen molar-refractivity contribution in [2.24, 2.45) is 5.41 Å². The molecule has 0 bridgehead atoms. The maximum Gasteiger partial charge on any atom is 0.231 e. The van der Waals surface area contributed by atoms with Crippen LogP contribution in [0, 0.1) is 5.41 Å². The van der Waals surface area contributed by atoms with E-state index in [1.807, 2.05) is 6.07 Å². The molecule has 110 valence electrons. The van der Waals surface area contributed by atoms with Crippen molar-refractivity contribution in [2.75, 3.05) is 6.79 Å². The molecule has 1 unspecified atom stereocenters. The number of rotatable bonds is 3. The van der Waals surface area contributed by atoms with Crippen LogP contribution in [0.25, 0.3) is 0 Å². The Labute approximate surface area is 121 Å². The lowest BCUT2D eigenvalue weighted by molar-refractivity contribution is 0.174. The van der Waals surface area contributed by atoms with Crippen LogP contribution < -0.4 is 14.8 Å². The molecule has 3 heteroatoms. The van der Waals surface area contributed by atoms with Crippen molar-refractivity contribution in [1.29, 1.82) is 0 Å². The minimum Gasteiger partial charge on any atom is -0.454 e. The fraction of sp³-hybridized carbons (Fsp3) is 0.647. The first-order valence-corrected chi connectivity index (χ1v) is 7.69. The van der Waals surface area contributed by atoms with E-state index in [1.54, 1.807) is 0 Å². The normalized spacial score (nSPS) is 22.8. The van der Waals surface area contributed by atoms with Crippen molar-refractivity contribution in [2.45, 2.75) is 58.5 Å². The van der Waals surface area contributed by atoms with Gasteiger partial charge in [-0.2, -0.15) is 0 Å². The van der Waals surface area contributed by atoms with Gasteiger partial charge in [-0.25, -0.2) is 0 Å². The lowest BCUT2D eigenvalue weighted by Gasteiger charge is -2.36. The van der Waals surface area contributed by atoms with Gasteiger partial charge >= 0.3 is 0 Å². The van der Waals surface area contributed by atoms with Gasteiger partial charge < -0.3 is 14.8 Å². The molecule has 2 aliphatic rings. The van der Waals surface area contributed by atoms with Gasteiger partial charge in [0.15, 0.2) is 11.5 Å². The van der Waals surface area contributed by atoms with Crippen LogP contribution in [0.4, 0.5) is 0 Å². The fourth-order valence-electron chi connectivity index (χ4n) is 3.20. The molecule has 1 fully saturated rings. The predicted molar refractivity (Wildman–Crippen MR) is 80.2 cm³/mol. The number of nitrogens with one attached hydrogen (secondary N) is 1. The Kier molecular flexibility index (Phi) is 3.63. The molecule has 1 aliphatic heterocycles. The summed E-state index contributed by atoms with van der Waals surface area (Å²) in [6, 6.07) is 7.25. The van der Waals surface area contributed by atoms with E-state index < -0.39 is 0 Å². The average molecular weight is 275 g/mol. The van der Waals surface area contributed by atoms with Gasteiger partial charge in [0.25, 0.3) is 0 Å². The minimum absolute atomic E-state index is 0.346. The first-order chi connectivity index (χ1) is 9.53. The zero-order valence-electron chi connectivity index (χ0n) is 12.7. The molecule has 0 radical (unpaired) electrons. The molecular weight excluding hydrogens is 250 g/mol. The summed E-state index contributed by atoms with van der Waals surface area (Å²) in [5.74, 6) is 1.74. The molecule has 1 aliphatic carbocycles. The Bertz CT molecular complexity index is 474. The topological polar surface area (TPSA) is 30.5 Å². The second-order valence-corrected chi connectivity index (χ2v) is 6.94. The Morgan fingerprint density at radius 3 is 2.60 bits per heavy atom. The summed E-state index contributed by atoms with van der Waals surface area (Å²) in [5, 5.41) is 3.77. The molecule has 0 aromatic heterocycles. The van der Waals surface area contributed by atoms with Gasteiger partial charge in [0.1, 0.15) is 0 Å². The van der Waals surface area contributed by atoms with Gasteiger partial charge in [-0.05, 0) is 55.7 Å². The molecule has 20 heavy (non-hydrogen) atoms. The molecule has 0 amide bonds. The molecule has 3 nitrogen and oxygen atoms in total. The summed E-state index contributed by atoms with van der Waals surface area (Å²) in [6.07, 6.45) is 5.20. The summed E-state index contributed by atoms with van der Waals surface area (Å²) >= 11 is 0. The highest BCUT2D eigenvalue weighted by atomic mass is 16.7. The third-order valence-corrected chi connectivity index (χ3v) is 4.72. The minimum atomic E-state index is 0.346. The maximum absolute atomic E-state index is 5.46. The Hall–Kier alpha value is -1.22. The molecule has 1 saturated carbocycles. The zero-order chi connectivity index (χ0) is 14.2. The standard InChI is InChI=1S/C17H25NO2/c1-12(18-14-6-8-17(2,3)9-7-14)13-4-5-15-16(10-13)20-11-19-15/h4-5,10,12,14,18H,6-9,11H2,1-3H3. The molecule has 1 N–H and O–H groups in total. The first kappa shape index (κ1) is 13.7. The smallest absolute Gasteiger partial charge is 0.231 e. The number of hydrogen-bond acceptors (Lipinski definition) is 3. The molecule has 1 heterocycles.